The molecule has 1 aliphatic heterocycles. The number of anilines is 1. The number of carbonyl (C=O) groups excluding carboxylic acids is 1. The Morgan fingerprint density at radius 1 is 1.41 bits per heavy atom. The molecule has 1 saturated carbocycles. The molecule has 2 aliphatic rings. The van der Waals surface area contributed by atoms with Crippen LogP contribution in [0.15, 0.2) is 18.3 Å². The van der Waals surface area contributed by atoms with E-state index >= 15 is 0 Å². The van der Waals surface area contributed by atoms with Crippen molar-refractivity contribution in [3.8, 4) is 0 Å². The van der Waals surface area contributed by atoms with Gasteiger partial charge in [-0.15, -0.1) is 0 Å². The quantitative estimate of drug-likeness (QED) is 0.854. The summed E-state index contributed by atoms with van der Waals surface area (Å²) in [7, 11) is 0. The number of nitrogens with two attached hydrogens (primary N) is 1. The Balaban J connectivity index is 1.55. The van der Waals surface area contributed by atoms with Gasteiger partial charge in [0.1, 0.15) is 5.82 Å². The summed E-state index contributed by atoms with van der Waals surface area (Å²) in [6.07, 6.45) is 4.47. The topological polar surface area (TPSA) is 80.5 Å². The summed E-state index contributed by atoms with van der Waals surface area (Å²) < 4.78 is 5.36. The number of carbonyl (C=O) groups is 1. The lowest BCUT2D eigenvalue weighted by Crippen LogP contribution is -2.36. The van der Waals surface area contributed by atoms with Gasteiger partial charge in [0, 0.05) is 37.8 Å². The van der Waals surface area contributed by atoms with Crippen molar-refractivity contribution in [2.24, 2.45) is 11.7 Å². The van der Waals surface area contributed by atoms with Crippen molar-refractivity contribution in [1.82, 2.24) is 10.3 Å². The molecule has 1 saturated heterocycles. The predicted octanol–water partition coefficient (Wildman–Crippen LogP) is 0.662. The molecule has 2 fully saturated rings. The molecule has 2 unspecified atom stereocenters. The summed E-state index contributed by atoms with van der Waals surface area (Å²) in [6, 6.07) is 4.18. The Bertz CT molecular complexity index is 517. The van der Waals surface area contributed by atoms with Crippen molar-refractivity contribution in [1.29, 1.82) is 0 Å². The second-order valence-electron chi connectivity index (χ2n) is 6.11. The Morgan fingerprint density at radius 3 is 2.95 bits per heavy atom. The number of nitrogens with one attached hydrogen (secondary N) is 1. The number of rotatable bonds is 4. The second kappa shape index (κ2) is 7.07. The number of nitrogens with zero attached hydrogens (tertiary/aromatic N) is 2. The zero-order valence-corrected chi connectivity index (χ0v) is 12.8. The van der Waals surface area contributed by atoms with Crippen LogP contribution in [0, 0.1) is 5.92 Å². The third kappa shape index (κ3) is 3.75. The summed E-state index contributed by atoms with van der Waals surface area (Å²) in [5, 5.41) is 3.03. The van der Waals surface area contributed by atoms with Crippen LogP contribution in [0.1, 0.15) is 24.8 Å². The van der Waals surface area contributed by atoms with E-state index in [2.05, 4.69) is 15.2 Å². The standard InChI is InChI=1S/C16H24N4O2/c17-14-2-1-13(10-14)16(21)19-11-12-3-4-18-15(9-12)20-5-7-22-8-6-20/h3-4,9,13-14H,1-2,5-8,10-11,17H2,(H,19,21). The van der Waals surface area contributed by atoms with E-state index in [0.717, 1.165) is 56.9 Å². The van der Waals surface area contributed by atoms with Crippen LogP contribution in [0.25, 0.3) is 0 Å². The van der Waals surface area contributed by atoms with Gasteiger partial charge in [-0.05, 0) is 37.0 Å². The molecule has 120 valence electrons. The first-order chi connectivity index (χ1) is 10.7. The molecular weight excluding hydrogens is 280 g/mol. The number of pyridine rings is 1. The van der Waals surface area contributed by atoms with Crippen LogP contribution in [0.4, 0.5) is 5.82 Å². The molecule has 0 radical (unpaired) electrons. The van der Waals surface area contributed by atoms with Gasteiger partial charge in [-0.2, -0.15) is 0 Å². The molecule has 1 aromatic rings. The minimum atomic E-state index is 0.0792. The highest BCUT2D eigenvalue weighted by molar-refractivity contribution is 5.79. The first-order valence-corrected chi connectivity index (χ1v) is 8.03. The fourth-order valence-corrected chi connectivity index (χ4v) is 3.12. The molecule has 2 heterocycles. The number of aromatic nitrogens is 1. The van der Waals surface area contributed by atoms with E-state index in [0.29, 0.717) is 6.54 Å². The van der Waals surface area contributed by atoms with E-state index in [-0.39, 0.29) is 17.9 Å². The van der Waals surface area contributed by atoms with Crippen LogP contribution >= 0.6 is 0 Å². The molecule has 3 rings (SSSR count). The van der Waals surface area contributed by atoms with Gasteiger partial charge in [0.05, 0.1) is 13.2 Å². The van der Waals surface area contributed by atoms with Gasteiger partial charge >= 0.3 is 0 Å². The normalized spacial score (nSPS) is 25.2. The van der Waals surface area contributed by atoms with Crippen molar-refractivity contribution in [2.45, 2.75) is 31.8 Å². The van der Waals surface area contributed by atoms with Crippen LogP contribution in [0.2, 0.25) is 0 Å². The molecule has 0 bridgehead atoms. The van der Waals surface area contributed by atoms with E-state index < -0.39 is 0 Å². The maximum atomic E-state index is 12.1. The van der Waals surface area contributed by atoms with Gasteiger partial charge in [-0.1, -0.05) is 0 Å². The minimum Gasteiger partial charge on any atom is -0.378 e. The van der Waals surface area contributed by atoms with Crippen molar-refractivity contribution < 1.29 is 9.53 Å². The molecular formula is C16H24N4O2. The van der Waals surface area contributed by atoms with Gasteiger partial charge in [-0.3, -0.25) is 4.79 Å². The third-order valence-corrected chi connectivity index (χ3v) is 4.46. The minimum absolute atomic E-state index is 0.0792. The van der Waals surface area contributed by atoms with Crippen LogP contribution in [0.5, 0.6) is 0 Å². The van der Waals surface area contributed by atoms with Crippen molar-refractivity contribution in [3.05, 3.63) is 23.9 Å². The summed E-state index contributed by atoms with van der Waals surface area (Å²) in [5.41, 5.74) is 6.94. The number of morpholine rings is 1. The van der Waals surface area contributed by atoms with Gasteiger partial charge in [0.2, 0.25) is 5.91 Å². The number of hydrogen-bond acceptors (Lipinski definition) is 5. The van der Waals surface area contributed by atoms with E-state index in [4.69, 9.17) is 10.5 Å². The highest BCUT2D eigenvalue weighted by Crippen LogP contribution is 2.24. The van der Waals surface area contributed by atoms with Crippen LogP contribution in [-0.2, 0) is 16.1 Å². The van der Waals surface area contributed by atoms with Gasteiger partial charge in [0.25, 0.3) is 0 Å². The first-order valence-electron chi connectivity index (χ1n) is 8.03. The van der Waals surface area contributed by atoms with E-state index in [9.17, 15) is 4.79 Å². The lowest BCUT2D eigenvalue weighted by Gasteiger charge is -2.28. The van der Waals surface area contributed by atoms with Gasteiger partial charge in [-0.25, -0.2) is 4.98 Å². The summed E-state index contributed by atoms with van der Waals surface area (Å²) in [5.74, 6) is 1.16. The van der Waals surface area contributed by atoms with Crippen molar-refractivity contribution in [2.75, 3.05) is 31.2 Å². The Morgan fingerprint density at radius 2 is 2.23 bits per heavy atom. The largest absolute Gasteiger partial charge is 0.378 e. The maximum absolute atomic E-state index is 12.1. The Kier molecular flexibility index (Phi) is 4.90. The zero-order valence-electron chi connectivity index (χ0n) is 12.8. The SMILES string of the molecule is NC1CCC(C(=O)NCc2ccnc(N3CCOCC3)c2)C1. The van der Waals surface area contributed by atoms with Crippen LogP contribution in [-0.4, -0.2) is 43.2 Å². The van der Waals surface area contributed by atoms with E-state index in [1.165, 1.54) is 0 Å². The average Bonchev–Trinajstić information content (AvgIpc) is 3.00. The third-order valence-electron chi connectivity index (χ3n) is 4.46. The number of ether oxygens (including phenoxy) is 1. The van der Waals surface area contributed by atoms with E-state index in [1.54, 1.807) is 6.20 Å². The first kappa shape index (κ1) is 15.2. The molecule has 6 heteroatoms. The lowest BCUT2D eigenvalue weighted by atomic mass is 10.1. The van der Waals surface area contributed by atoms with Crippen molar-refractivity contribution in [3.63, 3.8) is 0 Å². The zero-order chi connectivity index (χ0) is 15.4. The Hall–Kier alpha value is -1.66. The average molecular weight is 304 g/mol. The molecule has 0 spiro atoms. The summed E-state index contributed by atoms with van der Waals surface area (Å²) >= 11 is 0. The summed E-state index contributed by atoms with van der Waals surface area (Å²) in [6.45, 7) is 3.76. The predicted molar refractivity (Wildman–Crippen MR) is 84.4 cm³/mol. The highest BCUT2D eigenvalue weighted by Gasteiger charge is 2.27. The summed E-state index contributed by atoms with van der Waals surface area (Å²) in [4.78, 5) is 18.8. The molecule has 2 atom stereocenters. The van der Waals surface area contributed by atoms with Crippen molar-refractivity contribution >= 4 is 11.7 Å². The maximum Gasteiger partial charge on any atom is 0.223 e. The molecule has 0 aromatic carbocycles. The lowest BCUT2D eigenvalue weighted by molar-refractivity contribution is -0.125. The van der Waals surface area contributed by atoms with Crippen LogP contribution in [0.3, 0.4) is 0 Å². The number of hydrogen-bond donors (Lipinski definition) is 2. The molecule has 1 aliphatic carbocycles. The molecule has 22 heavy (non-hydrogen) atoms. The smallest absolute Gasteiger partial charge is 0.223 e. The fourth-order valence-electron chi connectivity index (χ4n) is 3.12. The Labute approximate surface area is 131 Å². The number of amides is 1. The highest BCUT2D eigenvalue weighted by atomic mass is 16.5. The van der Waals surface area contributed by atoms with E-state index in [1.807, 2.05) is 12.1 Å². The fraction of sp³-hybridized carbons (Fsp3) is 0.625. The molecule has 1 amide bonds. The monoisotopic (exact) mass is 304 g/mol. The molecule has 1 aromatic heterocycles. The molecule has 6 nitrogen and oxygen atoms in total. The van der Waals surface area contributed by atoms with Gasteiger partial charge in [0.15, 0.2) is 0 Å². The molecule has 3 N–H and O–H groups in total. The van der Waals surface area contributed by atoms with Crippen LogP contribution < -0.4 is 16.0 Å². The second-order valence-corrected chi connectivity index (χ2v) is 6.11. The van der Waals surface area contributed by atoms with Gasteiger partial charge < -0.3 is 20.7 Å².